The van der Waals surface area contributed by atoms with Gasteiger partial charge >= 0.3 is 11.9 Å². The normalized spacial score (nSPS) is 10.2. The van der Waals surface area contributed by atoms with Crippen LogP contribution in [-0.2, 0) is 16.0 Å². The first-order chi connectivity index (χ1) is 13.5. The quantitative estimate of drug-likeness (QED) is 0.263. The molecular weight excluding hydrogens is 360 g/mol. The Kier molecular flexibility index (Phi) is 8.09. The summed E-state index contributed by atoms with van der Waals surface area (Å²) in [5.41, 5.74) is 1.02. The maximum atomic E-state index is 11.0. The van der Waals surface area contributed by atoms with E-state index in [9.17, 15) is 9.59 Å². The molecule has 0 aliphatic rings. The molecule has 0 aliphatic heterocycles. The average Bonchev–Trinajstić information content (AvgIpc) is 2.69. The van der Waals surface area contributed by atoms with Gasteiger partial charge in [-0.1, -0.05) is 36.4 Å². The second-order valence-electron chi connectivity index (χ2n) is 6.22. The Balaban J connectivity index is 1.92. The summed E-state index contributed by atoms with van der Waals surface area (Å²) in [4.78, 5) is 22.0. The molecule has 0 saturated heterocycles. The van der Waals surface area contributed by atoms with E-state index in [2.05, 4.69) is 12.1 Å². The van der Waals surface area contributed by atoms with Gasteiger partial charge in [-0.05, 0) is 55.0 Å². The van der Waals surface area contributed by atoms with Crippen LogP contribution in [0.25, 0.3) is 6.08 Å². The minimum Gasteiger partial charge on any atom is -0.493 e. The van der Waals surface area contributed by atoms with E-state index in [0.29, 0.717) is 23.7 Å². The van der Waals surface area contributed by atoms with Gasteiger partial charge in [0.2, 0.25) is 0 Å². The van der Waals surface area contributed by atoms with E-state index in [1.54, 1.807) is 18.2 Å². The number of methoxy groups -OCH3 is 1. The van der Waals surface area contributed by atoms with E-state index >= 15 is 0 Å². The van der Waals surface area contributed by atoms with E-state index in [4.69, 9.17) is 19.7 Å². The van der Waals surface area contributed by atoms with Crippen molar-refractivity contribution in [3.8, 4) is 11.5 Å². The molecule has 2 N–H and O–H groups in total. The van der Waals surface area contributed by atoms with Crippen molar-refractivity contribution in [2.24, 2.45) is 0 Å². The SMILES string of the molecule is COc1ccc(C=C(C(=O)O)C(=O)O)cc1OCCCCCc1ccccc1. The zero-order valence-corrected chi connectivity index (χ0v) is 15.8. The standard InChI is InChI=1S/C22H24O6/c1-27-19-12-11-17(14-18(21(23)24)22(25)26)15-20(19)28-13-7-3-6-10-16-8-4-2-5-9-16/h2,4-5,8-9,11-12,14-15H,3,6-7,10,13H2,1H3,(H,23,24)(H,25,26). The third kappa shape index (κ3) is 6.46. The minimum absolute atomic E-state index is 0.416. The van der Waals surface area contributed by atoms with E-state index in [0.717, 1.165) is 31.8 Å². The monoisotopic (exact) mass is 384 g/mol. The number of carbonyl (C=O) groups is 2. The van der Waals surface area contributed by atoms with Gasteiger partial charge in [0.25, 0.3) is 0 Å². The number of hydrogen-bond acceptors (Lipinski definition) is 4. The molecule has 0 atom stereocenters. The van der Waals surface area contributed by atoms with Crippen molar-refractivity contribution in [3.63, 3.8) is 0 Å². The highest BCUT2D eigenvalue weighted by atomic mass is 16.5. The van der Waals surface area contributed by atoms with Gasteiger partial charge < -0.3 is 19.7 Å². The first-order valence-corrected chi connectivity index (χ1v) is 9.04. The third-order valence-corrected chi connectivity index (χ3v) is 4.17. The summed E-state index contributed by atoms with van der Waals surface area (Å²) in [6, 6.07) is 15.1. The molecule has 0 saturated carbocycles. The summed E-state index contributed by atoms with van der Waals surface area (Å²) in [5, 5.41) is 18.0. The number of carboxylic acid groups (broad SMARTS) is 2. The minimum atomic E-state index is -1.50. The highest BCUT2D eigenvalue weighted by molar-refractivity contribution is 6.16. The van der Waals surface area contributed by atoms with Crippen LogP contribution in [0.5, 0.6) is 11.5 Å². The molecule has 0 heterocycles. The number of ether oxygens (including phenoxy) is 2. The number of carboxylic acids is 2. The molecule has 6 nitrogen and oxygen atoms in total. The highest BCUT2D eigenvalue weighted by Crippen LogP contribution is 2.29. The number of unbranched alkanes of at least 4 members (excludes halogenated alkanes) is 2. The lowest BCUT2D eigenvalue weighted by molar-refractivity contribution is -0.140. The molecule has 28 heavy (non-hydrogen) atoms. The van der Waals surface area contributed by atoms with Crippen LogP contribution >= 0.6 is 0 Å². The van der Waals surface area contributed by atoms with Crippen LogP contribution in [0.15, 0.2) is 54.1 Å². The maximum absolute atomic E-state index is 11.0. The van der Waals surface area contributed by atoms with E-state index < -0.39 is 17.5 Å². The van der Waals surface area contributed by atoms with Crippen LogP contribution in [0, 0.1) is 0 Å². The molecule has 0 radical (unpaired) electrons. The Morgan fingerprint density at radius 3 is 2.29 bits per heavy atom. The number of aryl methyl sites for hydroxylation is 1. The Labute approximate surface area is 164 Å². The molecular formula is C22H24O6. The van der Waals surface area contributed by atoms with Gasteiger partial charge in [-0.25, -0.2) is 9.59 Å². The summed E-state index contributed by atoms with van der Waals surface area (Å²) in [6.45, 7) is 0.489. The van der Waals surface area contributed by atoms with Crippen LogP contribution in [0.4, 0.5) is 0 Å². The van der Waals surface area contributed by atoms with Crippen LogP contribution in [-0.4, -0.2) is 35.9 Å². The predicted octanol–water partition coefficient (Wildman–Crippen LogP) is 4.04. The molecule has 148 valence electrons. The number of hydrogen-bond donors (Lipinski definition) is 2. The lowest BCUT2D eigenvalue weighted by atomic mass is 10.1. The molecule has 2 aromatic carbocycles. The summed E-state index contributed by atoms with van der Waals surface area (Å²) >= 11 is 0. The van der Waals surface area contributed by atoms with Gasteiger partial charge in [0.15, 0.2) is 11.5 Å². The van der Waals surface area contributed by atoms with Crippen molar-refractivity contribution in [2.45, 2.75) is 25.7 Å². The molecule has 2 rings (SSSR count). The lowest BCUT2D eigenvalue weighted by Gasteiger charge is -2.11. The van der Waals surface area contributed by atoms with Gasteiger partial charge in [-0.15, -0.1) is 0 Å². The molecule has 0 aromatic heterocycles. The molecule has 0 fully saturated rings. The van der Waals surface area contributed by atoms with Crippen molar-refractivity contribution < 1.29 is 29.3 Å². The molecule has 0 aliphatic carbocycles. The van der Waals surface area contributed by atoms with Crippen LogP contribution in [0.2, 0.25) is 0 Å². The third-order valence-electron chi connectivity index (χ3n) is 4.17. The average molecular weight is 384 g/mol. The highest BCUT2D eigenvalue weighted by Gasteiger charge is 2.16. The van der Waals surface area contributed by atoms with Gasteiger partial charge in [0.1, 0.15) is 5.57 Å². The molecule has 6 heteroatoms. The second-order valence-corrected chi connectivity index (χ2v) is 6.22. The fraction of sp³-hybridized carbons (Fsp3) is 0.273. The Morgan fingerprint density at radius 2 is 1.64 bits per heavy atom. The van der Waals surface area contributed by atoms with Crippen molar-refractivity contribution in [2.75, 3.05) is 13.7 Å². The molecule has 0 amide bonds. The van der Waals surface area contributed by atoms with Crippen molar-refractivity contribution in [1.82, 2.24) is 0 Å². The molecule has 0 spiro atoms. The van der Waals surface area contributed by atoms with Gasteiger partial charge in [-0.2, -0.15) is 0 Å². The zero-order chi connectivity index (χ0) is 20.4. The summed E-state index contributed by atoms with van der Waals surface area (Å²) in [6.07, 6.45) is 5.06. The molecule has 0 bridgehead atoms. The summed E-state index contributed by atoms with van der Waals surface area (Å²) in [5.74, 6) is -2.03. The zero-order valence-electron chi connectivity index (χ0n) is 15.8. The largest absolute Gasteiger partial charge is 0.493 e. The van der Waals surface area contributed by atoms with Crippen LogP contribution in [0.3, 0.4) is 0 Å². The number of rotatable bonds is 11. The van der Waals surface area contributed by atoms with Crippen LogP contribution in [0.1, 0.15) is 30.4 Å². The number of benzene rings is 2. The number of aliphatic carboxylic acids is 2. The van der Waals surface area contributed by atoms with Crippen molar-refractivity contribution in [3.05, 3.63) is 65.2 Å². The van der Waals surface area contributed by atoms with Crippen LogP contribution < -0.4 is 9.47 Å². The Morgan fingerprint density at radius 1 is 0.929 bits per heavy atom. The maximum Gasteiger partial charge on any atom is 0.343 e. The first kappa shape index (κ1) is 21.0. The van der Waals surface area contributed by atoms with E-state index in [-0.39, 0.29) is 0 Å². The van der Waals surface area contributed by atoms with E-state index in [1.807, 2.05) is 18.2 Å². The Bertz CT molecular complexity index is 810. The molecule has 0 unspecified atom stereocenters. The topological polar surface area (TPSA) is 93.1 Å². The fourth-order valence-electron chi connectivity index (χ4n) is 2.71. The first-order valence-electron chi connectivity index (χ1n) is 9.04. The van der Waals surface area contributed by atoms with Crippen molar-refractivity contribution in [1.29, 1.82) is 0 Å². The molecule has 2 aromatic rings. The van der Waals surface area contributed by atoms with E-state index in [1.165, 1.54) is 12.7 Å². The smallest absolute Gasteiger partial charge is 0.343 e. The Hall–Kier alpha value is -3.28. The van der Waals surface area contributed by atoms with Gasteiger partial charge in [-0.3, -0.25) is 0 Å². The second kappa shape index (κ2) is 10.8. The lowest BCUT2D eigenvalue weighted by Crippen LogP contribution is -2.10. The van der Waals surface area contributed by atoms with Crippen molar-refractivity contribution >= 4 is 18.0 Å². The fourth-order valence-corrected chi connectivity index (χ4v) is 2.71. The van der Waals surface area contributed by atoms with Gasteiger partial charge in [0.05, 0.1) is 13.7 Å². The van der Waals surface area contributed by atoms with Gasteiger partial charge in [0, 0.05) is 0 Å². The summed E-state index contributed by atoms with van der Waals surface area (Å²) in [7, 11) is 1.51. The predicted molar refractivity (Wildman–Crippen MR) is 106 cm³/mol. The summed E-state index contributed by atoms with van der Waals surface area (Å²) < 4.78 is 11.0.